The fraction of sp³-hybridized carbons (Fsp3) is 0.0714. The van der Waals surface area contributed by atoms with Gasteiger partial charge in [-0.1, -0.05) is 12.1 Å². The number of rotatable bonds is 4. The number of nitrogens with zero attached hydrogens (tertiary/aromatic N) is 2. The van der Waals surface area contributed by atoms with Crippen molar-refractivity contribution in [2.75, 3.05) is 0 Å². The van der Waals surface area contributed by atoms with Crippen LogP contribution in [0.2, 0.25) is 0 Å². The Balaban J connectivity index is 2.22. The van der Waals surface area contributed by atoms with Crippen LogP contribution in [-0.4, -0.2) is 4.92 Å². The maximum atomic E-state index is 13.4. The summed E-state index contributed by atoms with van der Waals surface area (Å²) < 4.78 is 19.1. The Bertz CT molecular complexity index is 743. The third kappa shape index (κ3) is 3.35. The van der Waals surface area contributed by atoms with Crippen molar-refractivity contribution in [1.82, 2.24) is 0 Å². The first-order chi connectivity index (χ1) is 10.0. The van der Waals surface area contributed by atoms with Gasteiger partial charge in [-0.2, -0.15) is 5.26 Å². The van der Waals surface area contributed by atoms with Crippen molar-refractivity contribution in [3.8, 4) is 11.8 Å². The van der Waals surface area contributed by atoms with Gasteiger partial charge in [-0.3, -0.25) is 10.1 Å². The van der Waals surface area contributed by atoms with E-state index >= 15 is 0 Å². The smallest absolute Gasteiger partial charge is 0.283 e. The monoisotopic (exact) mass is 350 g/mol. The van der Waals surface area contributed by atoms with Crippen molar-refractivity contribution in [2.45, 2.75) is 6.61 Å². The van der Waals surface area contributed by atoms with E-state index in [9.17, 15) is 14.5 Å². The maximum absolute atomic E-state index is 13.4. The molecule has 0 radical (unpaired) electrons. The van der Waals surface area contributed by atoms with Gasteiger partial charge in [0.2, 0.25) is 0 Å². The van der Waals surface area contributed by atoms with Gasteiger partial charge in [0.1, 0.15) is 29.8 Å². The Labute approximate surface area is 127 Å². The van der Waals surface area contributed by atoms with Crippen molar-refractivity contribution in [2.24, 2.45) is 0 Å². The number of hydrogen-bond acceptors (Lipinski definition) is 4. The molecule has 5 nitrogen and oxygen atoms in total. The number of nitriles is 1. The molecule has 0 spiro atoms. The van der Waals surface area contributed by atoms with Gasteiger partial charge in [0.05, 0.1) is 9.40 Å². The van der Waals surface area contributed by atoms with Crippen LogP contribution in [0.15, 0.2) is 40.9 Å². The van der Waals surface area contributed by atoms with Crippen LogP contribution in [0.1, 0.15) is 11.1 Å². The molecule has 0 N–H and O–H groups in total. The van der Waals surface area contributed by atoms with E-state index in [-0.39, 0.29) is 23.6 Å². The molecule has 0 aliphatic rings. The zero-order valence-electron chi connectivity index (χ0n) is 10.5. The Hall–Kier alpha value is -2.46. The minimum atomic E-state index is -0.670. The predicted molar refractivity (Wildman–Crippen MR) is 76.2 cm³/mol. The largest absolute Gasteiger partial charge is 0.487 e. The van der Waals surface area contributed by atoms with Crippen LogP contribution in [-0.2, 0) is 6.61 Å². The van der Waals surface area contributed by atoms with E-state index in [0.29, 0.717) is 10.0 Å². The van der Waals surface area contributed by atoms with Crippen molar-refractivity contribution >= 4 is 21.6 Å². The average molecular weight is 351 g/mol. The van der Waals surface area contributed by atoms with E-state index in [1.54, 1.807) is 12.1 Å². The second-order valence-corrected chi connectivity index (χ2v) is 4.91. The maximum Gasteiger partial charge on any atom is 0.283 e. The Morgan fingerprint density at radius 3 is 2.81 bits per heavy atom. The molecule has 21 heavy (non-hydrogen) atoms. The van der Waals surface area contributed by atoms with Crippen molar-refractivity contribution in [3.05, 3.63) is 67.9 Å². The second-order valence-electron chi connectivity index (χ2n) is 4.06. The number of nitro benzene ring substituents is 1. The van der Waals surface area contributed by atoms with E-state index in [1.165, 1.54) is 24.3 Å². The van der Waals surface area contributed by atoms with Crippen LogP contribution in [0.4, 0.5) is 10.1 Å². The normalized spacial score (nSPS) is 9.95. The zero-order valence-corrected chi connectivity index (χ0v) is 12.1. The Kier molecular flexibility index (Phi) is 4.50. The molecule has 0 saturated carbocycles. The first-order valence-electron chi connectivity index (χ1n) is 5.77. The first kappa shape index (κ1) is 14.9. The highest BCUT2D eigenvalue weighted by Crippen LogP contribution is 2.27. The molecule has 0 aromatic heterocycles. The van der Waals surface area contributed by atoms with E-state index < -0.39 is 10.7 Å². The third-order valence-electron chi connectivity index (χ3n) is 2.69. The van der Waals surface area contributed by atoms with Crippen molar-refractivity contribution < 1.29 is 14.1 Å². The number of halogens is 2. The lowest BCUT2D eigenvalue weighted by molar-refractivity contribution is -0.385. The summed E-state index contributed by atoms with van der Waals surface area (Å²) in [5.74, 6) is -0.570. The van der Waals surface area contributed by atoms with E-state index in [1.807, 2.05) is 0 Å². The number of hydrogen-bond donors (Lipinski definition) is 0. The van der Waals surface area contributed by atoms with Crippen LogP contribution in [0.3, 0.4) is 0 Å². The SMILES string of the molecule is N#Cc1c(F)cccc1OCc1ccc(Br)c([N+](=O)[O-])c1. The topological polar surface area (TPSA) is 76.2 Å². The molecule has 0 bridgehead atoms. The lowest BCUT2D eigenvalue weighted by Gasteiger charge is -2.08. The van der Waals surface area contributed by atoms with Crippen LogP contribution >= 0.6 is 15.9 Å². The quantitative estimate of drug-likeness (QED) is 0.617. The summed E-state index contributed by atoms with van der Waals surface area (Å²) in [5.41, 5.74) is 0.262. The van der Waals surface area contributed by atoms with Gasteiger partial charge < -0.3 is 4.74 Å². The molecule has 0 aliphatic carbocycles. The number of nitro groups is 1. The van der Waals surface area contributed by atoms with Gasteiger partial charge in [-0.25, -0.2) is 4.39 Å². The highest BCUT2D eigenvalue weighted by molar-refractivity contribution is 9.10. The Morgan fingerprint density at radius 2 is 2.14 bits per heavy atom. The lowest BCUT2D eigenvalue weighted by atomic mass is 10.2. The molecule has 0 unspecified atom stereocenters. The fourth-order valence-corrected chi connectivity index (χ4v) is 2.07. The zero-order chi connectivity index (χ0) is 15.4. The summed E-state index contributed by atoms with van der Waals surface area (Å²) in [4.78, 5) is 10.3. The lowest BCUT2D eigenvalue weighted by Crippen LogP contribution is -2.00. The highest BCUT2D eigenvalue weighted by Gasteiger charge is 2.13. The molecular formula is C14H8BrFN2O3. The molecular weight excluding hydrogens is 343 g/mol. The van der Waals surface area contributed by atoms with Crippen molar-refractivity contribution in [3.63, 3.8) is 0 Å². The molecule has 0 amide bonds. The molecule has 0 fully saturated rings. The van der Waals surface area contributed by atoms with E-state index in [0.717, 1.165) is 6.07 Å². The van der Waals surface area contributed by atoms with Crippen LogP contribution in [0.25, 0.3) is 0 Å². The fourth-order valence-electron chi connectivity index (χ4n) is 1.68. The van der Waals surface area contributed by atoms with E-state index in [4.69, 9.17) is 10.00 Å². The van der Waals surface area contributed by atoms with Gasteiger partial charge in [0, 0.05) is 6.07 Å². The molecule has 2 rings (SSSR count). The van der Waals surface area contributed by atoms with Crippen LogP contribution < -0.4 is 4.74 Å². The van der Waals surface area contributed by atoms with E-state index in [2.05, 4.69) is 15.9 Å². The van der Waals surface area contributed by atoms with Gasteiger partial charge in [0.25, 0.3) is 5.69 Å². The first-order valence-corrected chi connectivity index (χ1v) is 6.56. The summed E-state index contributed by atoms with van der Waals surface area (Å²) in [6.45, 7) is -0.00769. The Morgan fingerprint density at radius 1 is 1.38 bits per heavy atom. The minimum absolute atomic E-state index is 0.00769. The molecule has 106 valence electrons. The third-order valence-corrected chi connectivity index (χ3v) is 3.36. The molecule has 0 heterocycles. The minimum Gasteiger partial charge on any atom is -0.487 e. The molecule has 0 atom stereocenters. The number of ether oxygens (including phenoxy) is 1. The summed E-state index contributed by atoms with van der Waals surface area (Å²) in [5, 5.41) is 19.7. The summed E-state index contributed by atoms with van der Waals surface area (Å²) >= 11 is 3.08. The van der Waals surface area contributed by atoms with Gasteiger partial charge in [-0.05, 0) is 39.7 Å². The molecule has 7 heteroatoms. The standard InChI is InChI=1S/C14H8BrFN2O3/c15-11-5-4-9(6-13(11)18(19)20)8-21-14-3-1-2-12(16)10(14)7-17/h1-6H,8H2. The van der Waals surface area contributed by atoms with Gasteiger partial charge in [0.15, 0.2) is 0 Å². The number of benzene rings is 2. The average Bonchev–Trinajstić information content (AvgIpc) is 2.46. The van der Waals surface area contributed by atoms with Crippen molar-refractivity contribution in [1.29, 1.82) is 5.26 Å². The highest BCUT2D eigenvalue weighted by atomic mass is 79.9. The molecule has 2 aromatic carbocycles. The van der Waals surface area contributed by atoms with Crippen LogP contribution in [0.5, 0.6) is 5.75 Å². The second kappa shape index (κ2) is 6.33. The summed E-state index contributed by atoms with van der Waals surface area (Å²) in [7, 11) is 0. The molecule has 2 aromatic rings. The molecule has 0 saturated heterocycles. The summed E-state index contributed by atoms with van der Waals surface area (Å²) in [6.07, 6.45) is 0. The summed E-state index contributed by atoms with van der Waals surface area (Å²) in [6, 6.07) is 10.3. The van der Waals surface area contributed by atoms with Crippen LogP contribution in [0, 0.1) is 27.3 Å². The van der Waals surface area contributed by atoms with Gasteiger partial charge in [-0.15, -0.1) is 0 Å². The molecule has 0 aliphatic heterocycles. The van der Waals surface area contributed by atoms with Gasteiger partial charge >= 0.3 is 0 Å². The predicted octanol–water partition coefficient (Wildman–Crippen LogP) is 3.95.